The Kier molecular flexibility index (Phi) is 7.91. The minimum absolute atomic E-state index is 0.0537. The van der Waals surface area contributed by atoms with Crippen molar-refractivity contribution in [1.82, 2.24) is 5.32 Å². The maximum absolute atomic E-state index is 12.4. The molecule has 2 unspecified atom stereocenters. The smallest absolute Gasteiger partial charge is 0.150 e. The first-order valence-corrected chi connectivity index (χ1v) is 7.85. The molecule has 0 amide bonds. The quantitative estimate of drug-likeness (QED) is 0.671. The lowest BCUT2D eigenvalue weighted by Crippen LogP contribution is -2.35. The third-order valence-electron chi connectivity index (χ3n) is 3.93. The Morgan fingerprint density at radius 2 is 1.81 bits per heavy atom. The number of rotatable bonds is 10. The van der Waals surface area contributed by atoms with Crippen LogP contribution in [0.2, 0.25) is 0 Å². The number of unbranched alkanes of at least 4 members (excludes halogenated alkanes) is 2. The number of Topliss-reactive ketones (excluding diaryl/α,β-unsaturated/α-hetero) is 2. The van der Waals surface area contributed by atoms with Crippen LogP contribution in [0.3, 0.4) is 0 Å². The molecule has 0 saturated heterocycles. The molecule has 0 bridgehead atoms. The van der Waals surface area contributed by atoms with Crippen molar-refractivity contribution in [2.45, 2.75) is 57.9 Å². The molecule has 0 saturated carbocycles. The Bertz CT molecular complexity index is 442. The van der Waals surface area contributed by atoms with Crippen LogP contribution in [0.25, 0.3) is 0 Å². The van der Waals surface area contributed by atoms with Crippen LogP contribution in [0.1, 0.15) is 57.4 Å². The molecule has 0 aliphatic rings. The van der Waals surface area contributed by atoms with Crippen molar-refractivity contribution in [1.29, 1.82) is 0 Å². The molecule has 116 valence electrons. The van der Waals surface area contributed by atoms with E-state index in [1.165, 1.54) is 0 Å². The summed E-state index contributed by atoms with van der Waals surface area (Å²) in [5.41, 5.74) is 0.932. The Labute approximate surface area is 128 Å². The predicted octanol–water partition coefficient (Wildman–Crippen LogP) is 3.49. The number of benzene rings is 1. The summed E-state index contributed by atoms with van der Waals surface area (Å²) in [6.45, 7) is 3.72. The van der Waals surface area contributed by atoms with E-state index in [1.807, 2.05) is 37.4 Å². The number of hydrogen-bond acceptors (Lipinski definition) is 3. The second kappa shape index (κ2) is 9.46. The predicted molar refractivity (Wildman–Crippen MR) is 86.5 cm³/mol. The third-order valence-corrected chi connectivity index (χ3v) is 3.93. The molecule has 0 radical (unpaired) electrons. The molecule has 0 aliphatic carbocycles. The molecule has 1 aromatic carbocycles. The van der Waals surface area contributed by atoms with Crippen LogP contribution in [-0.2, 0) is 9.59 Å². The molecule has 3 heteroatoms. The SMILES string of the molecule is CCCCCC(NC)C(=O)CC(C(C)=O)c1ccccc1. The number of carbonyl (C=O) groups is 2. The van der Waals surface area contributed by atoms with Gasteiger partial charge in [0, 0.05) is 12.3 Å². The van der Waals surface area contributed by atoms with E-state index in [4.69, 9.17) is 0 Å². The molecule has 1 rings (SSSR count). The molecular formula is C18H27NO2. The summed E-state index contributed by atoms with van der Waals surface area (Å²) in [6, 6.07) is 9.44. The van der Waals surface area contributed by atoms with Crippen LogP contribution in [-0.4, -0.2) is 24.7 Å². The lowest BCUT2D eigenvalue weighted by Gasteiger charge is -2.19. The minimum Gasteiger partial charge on any atom is -0.311 e. The van der Waals surface area contributed by atoms with Gasteiger partial charge in [-0.2, -0.15) is 0 Å². The molecule has 1 aromatic rings. The van der Waals surface area contributed by atoms with Gasteiger partial charge in [-0.05, 0) is 26.0 Å². The number of likely N-dealkylation sites (N-methyl/N-ethyl adjacent to an activating group) is 1. The Balaban J connectivity index is 2.69. The van der Waals surface area contributed by atoms with Crippen molar-refractivity contribution in [2.24, 2.45) is 0 Å². The second-order valence-electron chi connectivity index (χ2n) is 5.58. The molecule has 3 nitrogen and oxygen atoms in total. The highest BCUT2D eigenvalue weighted by Gasteiger charge is 2.24. The molecule has 2 atom stereocenters. The first kappa shape index (κ1) is 17.6. The number of carbonyl (C=O) groups excluding carboxylic acids is 2. The Hall–Kier alpha value is -1.48. The molecule has 21 heavy (non-hydrogen) atoms. The van der Waals surface area contributed by atoms with Crippen molar-refractivity contribution in [3.63, 3.8) is 0 Å². The van der Waals surface area contributed by atoms with E-state index in [0.29, 0.717) is 0 Å². The lowest BCUT2D eigenvalue weighted by molar-refractivity contribution is -0.125. The van der Waals surface area contributed by atoms with E-state index in [0.717, 1.165) is 31.2 Å². The summed E-state index contributed by atoms with van der Waals surface area (Å²) in [6.07, 6.45) is 4.47. The molecule has 0 aliphatic heterocycles. The highest BCUT2D eigenvalue weighted by molar-refractivity contribution is 5.92. The standard InChI is InChI=1S/C18H27NO2/c1-4-5-7-12-17(19-3)18(21)13-16(14(2)20)15-10-8-6-9-11-15/h6,8-11,16-17,19H,4-5,7,12-13H2,1-3H3. The van der Waals surface area contributed by atoms with Gasteiger partial charge in [0.25, 0.3) is 0 Å². The van der Waals surface area contributed by atoms with E-state index in [1.54, 1.807) is 6.92 Å². The van der Waals surface area contributed by atoms with Crippen molar-refractivity contribution < 1.29 is 9.59 Å². The Morgan fingerprint density at radius 3 is 2.33 bits per heavy atom. The van der Waals surface area contributed by atoms with Crippen LogP contribution in [0.4, 0.5) is 0 Å². The fourth-order valence-corrected chi connectivity index (χ4v) is 2.59. The Morgan fingerprint density at radius 1 is 1.14 bits per heavy atom. The molecular weight excluding hydrogens is 262 g/mol. The van der Waals surface area contributed by atoms with Crippen LogP contribution in [0.5, 0.6) is 0 Å². The van der Waals surface area contributed by atoms with E-state index in [9.17, 15) is 9.59 Å². The summed E-state index contributed by atoms with van der Waals surface area (Å²) in [5, 5.41) is 3.10. The summed E-state index contributed by atoms with van der Waals surface area (Å²) in [5.74, 6) is -0.128. The van der Waals surface area contributed by atoms with E-state index < -0.39 is 0 Å². The zero-order chi connectivity index (χ0) is 15.7. The second-order valence-corrected chi connectivity index (χ2v) is 5.58. The zero-order valence-corrected chi connectivity index (χ0v) is 13.4. The summed E-state index contributed by atoms with van der Waals surface area (Å²) in [4.78, 5) is 24.3. The van der Waals surface area contributed by atoms with Gasteiger partial charge in [-0.3, -0.25) is 9.59 Å². The van der Waals surface area contributed by atoms with Crippen molar-refractivity contribution in [3.8, 4) is 0 Å². The van der Waals surface area contributed by atoms with Crippen LogP contribution < -0.4 is 5.32 Å². The van der Waals surface area contributed by atoms with Gasteiger partial charge in [0.2, 0.25) is 0 Å². The van der Waals surface area contributed by atoms with Gasteiger partial charge >= 0.3 is 0 Å². The van der Waals surface area contributed by atoms with Crippen molar-refractivity contribution in [3.05, 3.63) is 35.9 Å². The van der Waals surface area contributed by atoms with Crippen LogP contribution in [0, 0.1) is 0 Å². The highest BCUT2D eigenvalue weighted by atomic mass is 16.1. The number of ketones is 2. The van der Waals surface area contributed by atoms with Crippen LogP contribution in [0.15, 0.2) is 30.3 Å². The van der Waals surface area contributed by atoms with Crippen molar-refractivity contribution in [2.75, 3.05) is 7.05 Å². The summed E-state index contributed by atoms with van der Waals surface area (Å²) in [7, 11) is 1.82. The number of hydrogen-bond donors (Lipinski definition) is 1. The maximum atomic E-state index is 12.4. The van der Waals surface area contributed by atoms with Gasteiger partial charge in [-0.1, -0.05) is 56.5 Å². The van der Waals surface area contributed by atoms with Gasteiger partial charge in [0.1, 0.15) is 5.78 Å². The minimum atomic E-state index is -0.319. The normalized spacial score (nSPS) is 13.7. The average Bonchev–Trinajstić information content (AvgIpc) is 2.49. The highest BCUT2D eigenvalue weighted by Crippen LogP contribution is 2.22. The lowest BCUT2D eigenvalue weighted by atomic mass is 9.88. The molecule has 1 N–H and O–H groups in total. The molecule has 0 fully saturated rings. The maximum Gasteiger partial charge on any atom is 0.150 e. The fraction of sp³-hybridized carbons (Fsp3) is 0.556. The van der Waals surface area contributed by atoms with Gasteiger partial charge in [-0.25, -0.2) is 0 Å². The van der Waals surface area contributed by atoms with E-state index >= 15 is 0 Å². The topological polar surface area (TPSA) is 46.2 Å². The van der Waals surface area contributed by atoms with E-state index in [2.05, 4.69) is 12.2 Å². The average molecular weight is 289 g/mol. The first-order valence-electron chi connectivity index (χ1n) is 7.85. The zero-order valence-electron chi connectivity index (χ0n) is 13.4. The van der Waals surface area contributed by atoms with Gasteiger partial charge in [0.05, 0.1) is 6.04 Å². The molecule has 0 spiro atoms. The van der Waals surface area contributed by atoms with Crippen LogP contribution >= 0.6 is 0 Å². The summed E-state index contributed by atoms with van der Waals surface area (Å²) >= 11 is 0. The summed E-state index contributed by atoms with van der Waals surface area (Å²) < 4.78 is 0. The third kappa shape index (κ3) is 5.80. The monoisotopic (exact) mass is 289 g/mol. The molecule has 0 heterocycles. The van der Waals surface area contributed by atoms with Gasteiger partial charge in [0.15, 0.2) is 5.78 Å². The first-order chi connectivity index (χ1) is 10.1. The van der Waals surface area contributed by atoms with Gasteiger partial charge in [-0.15, -0.1) is 0 Å². The number of nitrogens with one attached hydrogen (secondary N) is 1. The van der Waals surface area contributed by atoms with Gasteiger partial charge < -0.3 is 5.32 Å². The fourth-order valence-electron chi connectivity index (χ4n) is 2.59. The van der Waals surface area contributed by atoms with E-state index in [-0.39, 0.29) is 29.9 Å². The molecule has 0 aromatic heterocycles. The largest absolute Gasteiger partial charge is 0.311 e. The van der Waals surface area contributed by atoms with Crippen molar-refractivity contribution >= 4 is 11.6 Å².